The zero-order valence-corrected chi connectivity index (χ0v) is 13.5. The molecule has 4 heteroatoms. The lowest BCUT2D eigenvalue weighted by atomic mass is 10.0. The zero-order valence-electron chi connectivity index (χ0n) is 12.7. The highest BCUT2D eigenvalue weighted by Crippen LogP contribution is 2.37. The van der Waals surface area contributed by atoms with Crippen molar-refractivity contribution < 1.29 is 0 Å². The topological polar surface area (TPSA) is 28.2 Å². The maximum absolute atomic E-state index is 4.99. The molecule has 0 radical (unpaired) electrons. The van der Waals surface area contributed by atoms with E-state index in [0.29, 0.717) is 0 Å². The van der Waals surface area contributed by atoms with Crippen LogP contribution in [0, 0.1) is 6.92 Å². The molecule has 1 saturated heterocycles. The second-order valence-electron chi connectivity index (χ2n) is 5.66. The highest BCUT2D eigenvalue weighted by molar-refractivity contribution is 7.13. The van der Waals surface area contributed by atoms with E-state index in [-0.39, 0.29) is 0 Å². The molecule has 3 nitrogen and oxygen atoms in total. The molecular weight excluding hydrogens is 290 g/mol. The third-order valence-corrected chi connectivity index (χ3v) is 5.14. The molecule has 22 heavy (non-hydrogen) atoms. The number of aromatic nitrogens is 1. The van der Waals surface area contributed by atoms with Crippen molar-refractivity contribution in [3.8, 4) is 10.4 Å². The van der Waals surface area contributed by atoms with Gasteiger partial charge in [-0.25, -0.2) is 4.98 Å². The van der Waals surface area contributed by atoms with Crippen LogP contribution < -0.4 is 10.2 Å². The molecule has 0 aliphatic carbocycles. The van der Waals surface area contributed by atoms with Gasteiger partial charge in [-0.15, -0.1) is 11.3 Å². The number of pyridine rings is 1. The predicted octanol–water partition coefficient (Wildman–Crippen LogP) is 3.68. The minimum Gasteiger partial charge on any atom is -0.354 e. The largest absolute Gasteiger partial charge is 0.354 e. The molecule has 112 valence electrons. The number of piperazine rings is 1. The standard InChI is InChI=1S/C18H19N3S/c1-13-17(16-7-4-12-22-16)14-5-2-3-6-15(14)18(20-13)21-10-8-19-9-11-21/h2-7,12,19H,8-11H2,1H3. The van der Waals surface area contributed by atoms with Crippen molar-refractivity contribution in [3.05, 3.63) is 47.5 Å². The average Bonchev–Trinajstić information content (AvgIpc) is 3.09. The number of hydrogen-bond donors (Lipinski definition) is 1. The Kier molecular flexibility index (Phi) is 3.56. The van der Waals surface area contributed by atoms with E-state index < -0.39 is 0 Å². The first kappa shape index (κ1) is 13.7. The van der Waals surface area contributed by atoms with Gasteiger partial charge in [-0.3, -0.25) is 0 Å². The van der Waals surface area contributed by atoms with Gasteiger partial charge in [0.2, 0.25) is 0 Å². The van der Waals surface area contributed by atoms with Gasteiger partial charge < -0.3 is 10.2 Å². The maximum atomic E-state index is 4.99. The van der Waals surface area contributed by atoms with Gasteiger partial charge in [0.15, 0.2) is 0 Å². The van der Waals surface area contributed by atoms with Gasteiger partial charge >= 0.3 is 0 Å². The number of fused-ring (bicyclic) bond motifs is 1. The summed E-state index contributed by atoms with van der Waals surface area (Å²) in [5, 5.41) is 8.12. The minimum absolute atomic E-state index is 1.02. The second kappa shape index (κ2) is 5.71. The fourth-order valence-corrected chi connectivity index (χ4v) is 4.05. The van der Waals surface area contributed by atoms with Crippen LogP contribution in [0.25, 0.3) is 21.2 Å². The Bertz CT molecular complexity index is 789. The van der Waals surface area contributed by atoms with E-state index in [1.165, 1.54) is 21.2 Å². The van der Waals surface area contributed by atoms with E-state index in [1.54, 1.807) is 11.3 Å². The van der Waals surface area contributed by atoms with E-state index in [4.69, 9.17) is 4.98 Å². The first-order valence-electron chi connectivity index (χ1n) is 7.73. The van der Waals surface area contributed by atoms with E-state index >= 15 is 0 Å². The molecule has 0 bridgehead atoms. The molecule has 1 N–H and O–H groups in total. The van der Waals surface area contributed by atoms with Crippen LogP contribution in [-0.4, -0.2) is 31.2 Å². The van der Waals surface area contributed by atoms with Crippen molar-refractivity contribution >= 4 is 27.9 Å². The first-order valence-corrected chi connectivity index (χ1v) is 8.61. The van der Waals surface area contributed by atoms with E-state index in [1.807, 2.05) is 0 Å². The highest BCUT2D eigenvalue weighted by Gasteiger charge is 2.18. The Morgan fingerprint density at radius 2 is 1.82 bits per heavy atom. The molecular formula is C18H19N3S. The second-order valence-corrected chi connectivity index (χ2v) is 6.60. The number of thiophene rings is 1. The van der Waals surface area contributed by atoms with Gasteiger partial charge in [-0.1, -0.05) is 30.3 Å². The lowest BCUT2D eigenvalue weighted by molar-refractivity contribution is 0.586. The van der Waals surface area contributed by atoms with Crippen LogP contribution in [0.4, 0.5) is 5.82 Å². The molecule has 0 spiro atoms. The molecule has 3 heterocycles. The van der Waals surface area contributed by atoms with Gasteiger partial charge in [-0.2, -0.15) is 0 Å². The molecule has 3 aromatic rings. The van der Waals surface area contributed by atoms with Gasteiger partial charge in [0, 0.05) is 47.7 Å². The Morgan fingerprint density at radius 1 is 1.05 bits per heavy atom. The fraction of sp³-hybridized carbons (Fsp3) is 0.278. The van der Waals surface area contributed by atoms with Crippen molar-refractivity contribution in [1.29, 1.82) is 0 Å². The van der Waals surface area contributed by atoms with Crippen LogP contribution in [0.3, 0.4) is 0 Å². The van der Waals surface area contributed by atoms with Crippen LogP contribution in [0.5, 0.6) is 0 Å². The quantitative estimate of drug-likeness (QED) is 0.782. The van der Waals surface area contributed by atoms with Crippen LogP contribution in [0.1, 0.15) is 5.69 Å². The Labute approximate surface area is 134 Å². The van der Waals surface area contributed by atoms with Crippen molar-refractivity contribution in [1.82, 2.24) is 10.3 Å². The maximum Gasteiger partial charge on any atom is 0.136 e. The van der Waals surface area contributed by atoms with Gasteiger partial charge in [0.1, 0.15) is 5.82 Å². The summed E-state index contributed by atoms with van der Waals surface area (Å²) < 4.78 is 0. The predicted molar refractivity (Wildman–Crippen MR) is 94.9 cm³/mol. The third kappa shape index (κ3) is 2.28. The molecule has 1 aromatic carbocycles. The summed E-state index contributed by atoms with van der Waals surface area (Å²) >= 11 is 1.78. The average molecular weight is 309 g/mol. The molecule has 0 saturated carbocycles. The molecule has 0 atom stereocenters. The van der Waals surface area contributed by atoms with Crippen LogP contribution >= 0.6 is 11.3 Å². The lowest BCUT2D eigenvalue weighted by Crippen LogP contribution is -2.44. The third-order valence-electron chi connectivity index (χ3n) is 4.26. The summed E-state index contributed by atoms with van der Waals surface area (Å²) in [5.74, 6) is 1.13. The summed E-state index contributed by atoms with van der Waals surface area (Å²) in [7, 11) is 0. The lowest BCUT2D eigenvalue weighted by Gasteiger charge is -2.30. The minimum atomic E-state index is 1.02. The van der Waals surface area contributed by atoms with E-state index in [2.05, 4.69) is 58.9 Å². The van der Waals surface area contributed by atoms with Crippen molar-refractivity contribution in [2.24, 2.45) is 0 Å². The van der Waals surface area contributed by atoms with Crippen LogP contribution in [0.15, 0.2) is 41.8 Å². The molecule has 1 aliphatic rings. The van der Waals surface area contributed by atoms with Gasteiger partial charge in [0.05, 0.1) is 0 Å². The SMILES string of the molecule is Cc1nc(N2CCNCC2)c2ccccc2c1-c1cccs1. The van der Waals surface area contributed by atoms with E-state index in [9.17, 15) is 0 Å². The van der Waals surface area contributed by atoms with Crippen LogP contribution in [0.2, 0.25) is 0 Å². The Morgan fingerprint density at radius 3 is 2.55 bits per heavy atom. The fourth-order valence-electron chi connectivity index (χ4n) is 3.22. The first-order chi connectivity index (χ1) is 10.8. The molecule has 2 aromatic heterocycles. The van der Waals surface area contributed by atoms with Gasteiger partial charge in [0.25, 0.3) is 0 Å². The van der Waals surface area contributed by atoms with Crippen molar-refractivity contribution in [2.45, 2.75) is 6.92 Å². The number of nitrogens with one attached hydrogen (secondary N) is 1. The van der Waals surface area contributed by atoms with Gasteiger partial charge in [-0.05, 0) is 23.8 Å². The summed E-state index contributed by atoms with van der Waals surface area (Å²) in [6.45, 7) is 6.24. The smallest absolute Gasteiger partial charge is 0.136 e. The summed E-state index contributed by atoms with van der Waals surface area (Å²) in [5.41, 5.74) is 2.40. The molecule has 4 rings (SSSR count). The molecule has 0 unspecified atom stereocenters. The van der Waals surface area contributed by atoms with E-state index in [0.717, 1.165) is 37.7 Å². The van der Waals surface area contributed by atoms with Crippen molar-refractivity contribution in [3.63, 3.8) is 0 Å². The number of benzene rings is 1. The summed E-state index contributed by atoms with van der Waals surface area (Å²) in [4.78, 5) is 8.69. The monoisotopic (exact) mass is 309 g/mol. The number of aryl methyl sites for hydroxylation is 1. The Balaban J connectivity index is 1.95. The highest BCUT2D eigenvalue weighted by atomic mass is 32.1. The molecule has 0 amide bonds. The number of anilines is 1. The number of nitrogens with zero attached hydrogens (tertiary/aromatic N) is 2. The summed E-state index contributed by atoms with van der Waals surface area (Å²) in [6.07, 6.45) is 0. The Hall–Kier alpha value is -1.91. The zero-order chi connectivity index (χ0) is 14.9. The number of rotatable bonds is 2. The van der Waals surface area contributed by atoms with Crippen molar-refractivity contribution in [2.75, 3.05) is 31.1 Å². The normalized spacial score (nSPS) is 15.4. The summed E-state index contributed by atoms with van der Waals surface area (Å²) in [6, 6.07) is 13.0. The molecule has 1 aliphatic heterocycles. The number of hydrogen-bond acceptors (Lipinski definition) is 4. The molecule has 1 fully saturated rings. The van der Waals surface area contributed by atoms with Crippen LogP contribution in [-0.2, 0) is 0 Å².